The van der Waals surface area contributed by atoms with E-state index in [1.807, 2.05) is 24.3 Å². The van der Waals surface area contributed by atoms with E-state index in [4.69, 9.17) is 6.42 Å². The van der Waals surface area contributed by atoms with E-state index in [-0.39, 0.29) is 0 Å². The fraction of sp³-hybridized carbons (Fsp3) is 0. The predicted octanol–water partition coefficient (Wildman–Crippen LogP) is 2.02. The van der Waals surface area contributed by atoms with E-state index in [2.05, 4.69) is 17.0 Å². The fourth-order valence-electron chi connectivity index (χ4n) is 1.17. The molecule has 1 aromatic heterocycles. The maximum atomic E-state index is 5.32. The molecule has 12 heavy (non-hydrogen) atoms. The summed E-state index contributed by atoms with van der Waals surface area (Å²) in [6.45, 7) is 0. The number of benzene rings is 1. The van der Waals surface area contributed by atoms with Gasteiger partial charge in [-0.05, 0) is 18.2 Å². The maximum Gasteiger partial charge on any atom is 0.0714 e. The number of rotatable bonds is 0. The molecule has 1 radical (unpaired) electrons. The van der Waals surface area contributed by atoms with Gasteiger partial charge in [0.1, 0.15) is 0 Å². The molecule has 0 atom stereocenters. The van der Waals surface area contributed by atoms with Gasteiger partial charge in [-0.1, -0.05) is 12.0 Å². The number of terminal acetylenes is 1. The van der Waals surface area contributed by atoms with Crippen molar-refractivity contribution in [1.29, 1.82) is 0 Å². The Morgan fingerprint density at radius 3 is 3.17 bits per heavy atom. The van der Waals surface area contributed by atoms with Crippen molar-refractivity contribution in [2.24, 2.45) is 0 Å². The zero-order chi connectivity index (χ0) is 8.39. The van der Waals surface area contributed by atoms with E-state index in [1.165, 1.54) is 0 Å². The molecule has 0 saturated carbocycles. The summed E-state index contributed by atoms with van der Waals surface area (Å²) in [5.41, 5.74) is 1.79. The number of pyridine rings is 1. The zero-order valence-electron chi connectivity index (χ0n) is 6.41. The van der Waals surface area contributed by atoms with E-state index in [9.17, 15) is 0 Å². The SMILES string of the molecule is C#Cc1cccc2nc[c]cc12. The van der Waals surface area contributed by atoms with Crippen molar-refractivity contribution in [3.63, 3.8) is 0 Å². The van der Waals surface area contributed by atoms with E-state index in [0.29, 0.717) is 0 Å². The van der Waals surface area contributed by atoms with Crippen LogP contribution >= 0.6 is 0 Å². The lowest BCUT2D eigenvalue weighted by molar-refractivity contribution is 1.40. The van der Waals surface area contributed by atoms with Crippen LogP contribution in [0.15, 0.2) is 30.5 Å². The third-order valence-electron chi connectivity index (χ3n) is 1.74. The summed E-state index contributed by atoms with van der Waals surface area (Å²) in [6, 6.07) is 10.5. The quantitative estimate of drug-likeness (QED) is 0.526. The van der Waals surface area contributed by atoms with E-state index < -0.39 is 0 Å². The lowest BCUT2D eigenvalue weighted by Crippen LogP contribution is -1.81. The van der Waals surface area contributed by atoms with Crippen molar-refractivity contribution in [3.05, 3.63) is 42.1 Å². The fourth-order valence-corrected chi connectivity index (χ4v) is 1.17. The Bertz CT molecular complexity index is 447. The van der Waals surface area contributed by atoms with Crippen LogP contribution in [0.3, 0.4) is 0 Å². The monoisotopic (exact) mass is 152 g/mol. The molecule has 0 fully saturated rings. The molecular weight excluding hydrogens is 146 g/mol. The van der Waals surface area contributed by atoms with Crippen LogP contribution in [-0.4, -0.2) is 4.98 Å². The molecule has 2 rings (SSSR count). The lowest BCUT2D eigenvalue weighted by atomic mass is 10.1. The summed E-state index contributed by atoms with van der Waals surface area (Å²) in [4.78, 5) is 4.14. The second kappa shape index (κ2) is 2.67. The highest BCUT2D eigenvalue weighted by Crippen LogP contribution is 2.14. The molecule has 0 unspecified atom stereocenters. The first-order valence-electron chi connectivity index (χ1n) is 3.63. The van der Waals surface area contributed by atoms with Gasteiger partial charge in [-0.15, -0.1) is 6.42 Å². The topological polar surface area (TPSA) is 12.9 Å². The molecule has 0 aliphatic carbocycles. The number of fused-ring (bicyclic) bond motifs is 1. The summed E-state index contributed by atoms with van der Waals surface area (Å²) in [5.74, 6) is 2.61. The van der Waals surface area contributed by atoms with E-state index in [0.717, 1.165) is 16.5 Å². The third kappa shape index (κ3) is 0.943. The molecule has 0 aliphatic heterocycles. The average Bonchev–Trinajstić information content (AvgIpc) is 2.17. The molecule has 2 aromatic rings. The van der Waals surface area contributed by atoms with Gasteiger partial charge in [0.05, 0.1) is 5.52 Å². The first-order valence-corrected chi connectivity index (χ1v) is 3.63. The maximum absolute atomic E-state index is 5.32. The van der Waals surface area contributed by atoms with Crippen molar-refractivity contribution in [1.82, 2.24) is 4.98 Å². The van der Waals surface area contributed by atoms with Crippen molar-refractivity contribution < 1.29 is 0 Å². The largest absolute Gasteiger partial charge is 0.256 e. The molecule has 1 heteroatoms. The Hall–Kier alpha value is -1.81. The first-order chi connectivity index (χ1) is 5.92. The molecule has 0 aliphatic rings. The van der Waals surface area contributed by atoms with Crippen molar-refractivity contribution >= 4 is 10.9 Å². The second-order valence-electron chi connectivity index (χ2n) is 2.45. The van der Waals surface area contributed by atoms with Crippen LogP contribution in [0.25, 0.3) is 10.9 Å². The van der Waals surface area contributed by atoms with E-state index in [1.54, 1.807) is 6.20 Å². The molecule has 0 N–H and O–H groups in total. The Kier molecular flexibility index (Phi) is 1.53. The van der Waals surface area contributed by atoms with Crippen LogP contribution in [0.1, 0.15) is 5.56 Å². The summed E-state index contributed by atoms with van der Waals surface area (Å²) >= 11 is 0. The second-order valence-corrected chi connectivity index (χ2v) is 2.45. The Morgan fingerprint density at radius 1 is 1.42 bits per heavy atom. The number of hydrogen-bond donors (Lipinski definition) is 0. The highest BCUT2D eigenvalue weighted by molar-refractivity contribution is 5.84. The minimum Gasteiger partial charge on any atom is -0.256 e. The molecule has 0 saturated heterocycles. The van der Waals surface area contributed by atoms with Gasteiger partial charge in [0.15, 0.2) is 0 Å². The highest BCUT2D eigenvalue weighted by atomic mass is 14.6. The van der Waals surface area contributed by atoms with Gasteiger partial charge in [-0.3, -0.25) is 4.98 Å². The molecule has 0 spiro atoms. The van der Waals surface area contributed by atoms with Gasteiger partial charge in [-0.2, -0.15) is 0 Å². The molecule has 55 valence electrons. The highest BCUT2D eigenvalue weighted by Gasteiger charge is 1.96. The van der Waals surface area contributed by atoms with Crippen molar-refractivity contribution in [2.45, 2.75) is 0 Å². The van der Waals surface area contributed by atoms with Crippen molar-refractivity contribution in [3.8, 4) is 12.3 Å². The van der Waals surface area contributed by atoms with Crippen LogP contribution in [0.2, 0.25) is 0 Å². The standard InChI is InChI=1S/C11H6N/c1-2-9-5-3-7-11-10(9)6-4-8-12-11/h1,3,5-8H. The zero-order valence-corrected chi connectivity index (χ0v) is 6.41. The summed E-state index contributed by atoms with van der Waals surface area (Å²) in [5, 5.41) is 0.988. The van der Waals surface area contributed by atoms with Crippen LogP contribution in [0.5, 0.6) is 0 Å². The molecule has 0 amide bonds. The number of hydrogen-bond acceptors (Lipinski definition) is 1. The lowest BCUT2D eigenvalue weighted by Gasteiger charge is -1.97. The Morgan fingerprint density at radius 2 is 2.33 bits per heavy atom. The van der Waals surface area contributed by atoms with E-state index >= 15 is 0 Å². The van der Waals surface area contributed by atoms with Gasteiger partial charge in [0, 0.05) is 23.2 Å². The van der Waals surface area contributed by atoms with Gasteiger partial charge in [-0.25, -0.2) is 0 Å². The van der Waals surface area contributed by atoms with Crippen LogP contribution in [-0.2, 0) is 0 Å². The molecular formula is C11H6N. The van der Waals surface area contributed by atoms with Crippen LogP contribution in [0.4, 0.5) is 0 Å². The first kappa shape index (κ1) is 6.87. The molecule has 1 aromatic carbocycles. The smallest absolute Gasteiger partial charge is 0.0714 e. The van der Waals surface area contributed by atoms with Crippen molar-refractivity contribution in [2.75, 3.05) is 0 Å². The minimum absolute atomic E-state index is 0.872. The third-order valence-corrected chi connectivity index (χ3v) is 1.74. The van der Waals surface area contributed by atoms with Gasteiger partial charge < -0.3 is 0 Å². The summed E-state index contributed by atoms with van der Waals surface area (Å²) < 4.78 is 0. The van der Waals surface area contributed by atoms with Crippen LogP contribution in [0, 0.1) is 18.4 Å². The Labute approximate surface area is 71.1 Å². The number of nitrogens with zero attached hydrogens (tertiary/aromatic N) is 1. The average molecular weight is 152 g/mol. The van der Waals surface area contributed by atoms with Gasteiger partial charge in [0.25, 0.3) is 0 Å². The normalized spacial score (nSPS) is 9.58. The molecule has 0 bridgehead atoms. The molecule has 1 nitrogen and oxygen atoms in total. The molecule has 1 heterocycles. The minimum atomic E-state index is 0.872. The van der Waals surface area contributed by atoms with Gasteiger partial charge in [0.2, 0.25) is 0 Å². The summed E-state index contributed by atoms with van der Waals surface area (Å²) in [7, 11) is 0. The number of aromatic nitrogens is 1. The van der Waals surface area contributed by atoms with Gasteiger partial charge >= 0.3 is 0 Å². The van der Waals surface area contributed by atoms with Crippen LogP contribution < -0.4 is 0 Å². The predicted molar refractivity (Wildman–Crippen MR) is 48.5 cm³/mol. The summed E-state index contributed by atoms with van der Waals surface area (Å²) in [6.07, 6.45) is 6.97. The Balaban J connectivity index is 2.91.